The summed E-state index contributed by atoms with van der Waals surface area (Å²) in [6.45, 7) is 1.74. The fraction of sp³-hybridized carbons (Fsp3) is 0.0667. The van der Waals surface area contributed by atoms with E-state index in [2.05, 4.69) is 25.8 Å². The Kier molecular flexibility index (Phi) is 4.20. The predicted octanol–water partition coefficient (Wildman–Crippen LogP) is 3.42. The van der Waals surface area contributed by atoms with Crippen LogP contribution in [0.25, 0.3) is 0 Å². The number of nitrogens with zero attached hydrogens (tertiary/aromatic N) is 3. The molecule has 7 nitrogen and oxygen atoms in total. The number of carbonyl (C=O) groups is 1. The molecule has 2 aromatic heterocycles. The van der Waals surface area contributed by atoms with E-state index in [0.717, 1.165) is 5.69 Å². The third-order valence-electron chi connectivity index (χ3n) is 2.89. The quantitative estimate of drug-likeness (QED) is 0.761. The number of hydrogen-bond acceptors (Lipinski definition) is 6. The Morgan fingerprint density at radius 3 is 2.61 bits per heavy atom. The fourth-order valence-electron chi connectivity index (χ4n) is 1.84. The molecule has 1 amide bonds. The molecule has 2 heterocycles. The zero-order chi connectivity index (χ0) is 16.2. The first-order valence-corrected chi connectivity index (χ1v) is 7.07. The molecule has 0 aliphatic heterocycles. The lowest BCUT2D eigenvalue weighted by Crippen LogP contribution is -2.14. The molecule has 1 aromatic carbocycles. The first-order valence-electron chi connectivity index (χ1n) is 6.69. The molecular formula is C15H12ClN5O2. The van der Waals surface area contributed by atoms with Crippen molar-refractivity contribution in [3.8, 4) is 0 Å². The molecule has 0 saturated heterocycles. The van der Waals surface area contributed by atoms with Crippen LogP contribution in [0.1, 0.15) is 16.2 Å². The number of carbonyl (C=O) groups excluding carboxylic acids is 1. The minimum absolute atomic E-state index is 0.206. The summed E-state index contributed by atoms with van der Waals surface area (Å²) >= 11 is 5.84. The summed E-state index contributed by atoms with van der Waals surface area (Å²) in [6, 6.07) is 10.3. The molecule has 0 bridgehead atoms. The minimum Gasteiger partial charge on any atom is -0.360 e. The summed E-state index contributed by atoms with van der Waals surface area (Å²) in [6.07, 6.45) is 1.31. The molecule has 2 N–H and O–H groups in total. The van der Waals surface area contributed by atoms with Gasteiger partial charge in [-0.05, 0) is 31.2 Å². The Bertz CT molecular complexity index is 832. The predicted molar refractivity (Wildman–Crippen MR) is 86.0 cm³/mol. The van der Waals surface area contributed by atoms with Gasteiger partial charge in [-0.25, -0.2) is 9.97 Å². The molecule has 0 fully saturated rings. The van der Waals surface area contributed by atoms with E-state index in [1.54, 1.807) is 25.1 Å². The number of rotatable bonds is 4. The third kappa shape index (κ3) is 3.83. The van der Waals surface area contributed by atoms with Crippen LogP contribution in [0.15, 0.2) is 47.2 Å². The van der Waals surface area contributed by atoms with Gasteiger partial charge in [-0.1, -0.05) is 16.8 Å². The van der Waals surface area contributed by atoms with Gasteiger partial charge in [-0.2, -0.15) is 0 Å². The summed E-state index contributed by atoms with van der Waals surface area (Å²) in [5, 5.41) is 10.0. The molecule has 23 heavy (non-hydrogen) atoms. The van der Waals surface area contributed by atoms with E-state index in [1.807, 2.05) is 12.1 Å². The van der Waals surface area contributed by atoms with Crippen molar-refractivity contribution in [2.75, 3.05) is 10.6 Å². The van der Waals surface area contributed by atoms with E-state index in [9.17, 15) is 4.79 Å². The Balaban J connectivity index is 1.73. The maximum Gasteiger partial charge on any atom is 0.275 e. The van der Waals surface area contributed by atoms with Gasteiger partial charge in [-0.3, -0.25) is 4.79 Å². The summed E-state index contributed by atoms with van der Waals surface area (Å²) in [4.78, 5) is 20.2. The van der Waals surface area contributed by atoms with Crippen molar-refractivity contribution in [1.29, 1.82) is 0 Å². The molecule has 0 aliphatic rings. The van der Waals surface area contributed by atoms with Gasteiger partial charge in [-0.15, -0.1) is 0 Å². The number of aromatic nitrogens is 3. The summed E-state index contributed by atoms with van der Waals surface area (Å²) < 4.78 is 4.89. The van der Waals surface area contributed by atoms with Crippen molar-refractivity contribution in [3.05, 3.63) is 59.2 Å². The second kappa shape index (κ2) is 6.45. The summed E-state index contributed by atoms with van der Waals surface area (Å²) in [7, 11) is 0. The highest BCUT2D eigenvalue weighted by molar-refractivity contribution is 6.30. The molecule has 0 spiro atoms. The lowest BCUT2D eigenvalue weighted by Gasteiger charge is -2.06. The first-order chi connectivity index (χ1) is 11.1. The molecule has 0 unspecified atom stereocenters. The second-order valence-corrected chi connectivity index (χ2v) is 5.13. The van der Waals surface area contributed by atoms with Crippen molar-refractivity contribution < 1.29 is 9.32 Å². The Morgan fingerprint density at radius 1 is 1.13 bits per heavy atom. The molecular weight excluding hydrogens is 318 g/mol. The van der Waals surface area contributed by atoms with Gasteiger partial charge in [0.25, 0.3) is 5.91 Å². The monoisotopic (exact) mass is 329 g/mol. The SMILES string of the molecule is Cc1cc(NC(=O)c2cc(Nc3ccc(Cl)cc3)ncn2)no1. The van der Waals surface area contributed by atoms with E-state index in [-0.39, 0.29) is 5.69 Å². The highest BCUT2D eigenvalue weighted by Crippen LogP contribution is 2.18. The molecule has 3 aromatic rings. The van der Waals surface area contributed by atoms with Crippen LogP contribution in [0.4, 0.5) is 17.3 Å². The van der Waals surface area contributed by atoms with E-state index >= 15 is 0 Å². The lowest BCUT2D eigenvalue weighted by atomic mass is 10.3. The molecule has 0 aliphatic carbocycles. The van der Waals surface area contributed by atoms with Gasteiger partial charge in [0.1, 0.15) is 23.6 Å². The van der Waals surface area contributed by atoms with Gasteiger partial charge in [0, 0.05) is 22.8 Å². The average molecular weight is 330 g/mol. The molecule has 3 rings (SSSR count). The second-order valence-electron chi connectivity index (χ2n) is 4.70. The van der Waals surface area contributed by atoms with Gasteiger partial charge >= 0.3 is 0 Å². The van der Waals surface area contributed by atoms with Crippen molar-refractivity contribution in [2.24, 2.45) is 0 Å². The van der Waals surface area contributed by atoms with Crippen LogP contribution >= 0.6 is 11.6 Å². The van der Waals surface area contributed by atoms with Crippen LogP contribution in [-0.2, 0) is 0 Å². The smallest absolute Gasteiger partial charge is 0.275 e. The molecule has 0 atom stereocenters. The van der Waals surface area contributed by atoms with E-state index in [4.69, 9.17) is 16.1 Å². The van der Waals surface area contributed by atoms with E-state index in [1.165, 1.54) is 12.4 Å². The molecule has 0 radical (unpaired) electrons. The van der Waals surface area contributed by atoms with Crippen LogP contribution in [-0.4, -0.2) is 21.0 Å². The highest BCUT2D eigenvalue weighted by Gasteiger charge is 2.11. The average Bonchev–Trinajstić information content (AvgIpc) is 2.95. The zero-order valence-corrected chi connectivity index (χ0v) is 12.8. The van der Waals surface area contributed by atoms with Crippen molar-refractivity contribution >= 4 is 34.8 Å². The Labute approximate surface area is 136 Å². The van der Waals surface area contributed by atoms with Crippen molar-refractivity contribution in [3.63, 3.8) is 0 Å². The van der Waals surface area contributed by atoms with E-state index in [0.29, 0.717) is 22.4 Å². The van der Waals surface area contributed by atoms with Gasteiger partial charge in [0.15, 0.2) is 5.82 Å². The maximum absolute atomic E-state index is 12.1. The number of amides is 1. The first kappa shape index (κ1) is 15.0. The highest BCUT2D eigenvalue weighted by atomic mass is 35.5. The maximum atomic E-state index is 12.1. The summed E-state index contributed by atoms with van der Waals surface area (Å²) in [5.41, 5.74) is 1.00. The van der Waals surface area contributed by atoms with Crippen LogP contribution in [0.5, 0.6) is 0 Å². The Morgan fingerprint density at radius 2 is 1.91 bits per heavy atom. The fourth-order valence-corrected chi connectivity index (χ4v) is 1.96. The van der Waals surface area contributed by atoms with E-state index < -0.39 is 5.91 Å². The van der Waals surface area contributed by atoms with Crippen LogP contribution in [0, 0.1) is 6.92 Å². The topological polar surface area (TPSA) is 92.9 Å². The Hall–Kier alpha value is -2.93. The summed E-state index contributed by atoms with van der Waals surface area (Å²) in [5.74, 6) is 1.02. The number of nitrogens with one attached hydrogen (secondary N) is 2. The standard InChI is InChI=1S/C15H12ClN5O2/c1-9-6-14(21-23-9)20-15(22)12-7-13(18-8-17-12)19-11-4-2-10(16)3-5-11/h2-8H,1H3,(H,17,18,19)(H,20,21,22). The zero-order valence-electron chi connectivity index (χ0n) is 12.1. The lowest BCUT2D eigenvalue weighted by molar-refractivity contribution is 0.102. The number of benzene rings is 1. The molecule has 8 heteroatoms. The molecule has 116 valence electrons. The number of anilines is 3. The number of aryl methyl sites for hydroxylation is 1. The van der Waals surface area contributed by atoms with Crippen molar-refractivity contribution in [2.45, 2.75) is 6.92 Å². The van der Waals surface area contributed by atoms with Gasteiger partial charge in [0.2, 0.25) is 0 Å². The number of halogens is 1. The van der Waals surface area contributed by atoms with Gasteiger partial charge < -0.3 is 15.2 Å². The van der Waals surface area contributed by atoms with Crippen LogP contribution < -0.4 is 10.6 Å². The number of hydrogen-bond donors (Lipinski definition) is 2. The van der Waals surface area contributed by atoms with Crippen LogP contribution in [0.2, 0.25) is 5.02 Å². The van der Waals surface area contributed by atoms with Crippen molar-refractivity contribution in [1.82, 2.24) is 15.1 Å². The largest absolute Gasteiger partial charge is 0.360 e. The normalized spacial score (nSPS) is 10.3. The molecule has 0 saturated carbocycles. The third-order valence-corrected chi connectivity index (χ3v) is 3.14. The van der Waals surface area contributed by atoms with Crippen LogP contribution in [0.3, 0.4) is 0 Å². The minimum atomic E-state index is -0.403. The van der Waals surface area contributed by atoms with Gasteiger partial charge in [0.05, 0.1) is 0 Å².